The predicted octanol–water partition coefficient (Wildman–Crippen LogP) is 4.68. The SMILES string of the molecule is COCc1ccc(F)c([C@H](C)Nc2cc(F)c(S(=O)(=O)Nc3cscn3)c(F)c2)c1. The fraction of sp³-hybridized carbons (Fsp3) is 0.211. The molecule has 3 rings (SSSR count). The van der Waals surface area contributed by atoms with Crippen LogP contribution in [0, 0.1) is 17.5 Å². The summed E-state index contributed by atoms with van der Waals surface area (Å²) >= 11 is 1.12. The summed E-state index contributed by atoms with van der Waals surface area (Å²) in [7, 11) is -3.01. The number of nitrogens with one attached hydrogen (secondary N) is 2. The zero-order valence-corrected chi connectivity index (χ0v) is 17.6. The van der Waals surface area contributed by atoms with Gasteiger partial charge in [-0.05, 0) is 36.8 Å². The second kappa shape index (κ2) is 9.02. The number of nitrogens with zero attached hydrogens (tertiary/aromatic N) is 1. The van der Waals surface area contributed by atoms with Crippen LogP contribution in [0.3, 0.4) is 0 Å². The first-order valence-electron chi connectivity index (χ1n) is 8.65. The molecule has 0 spiro atoms. The molecule has 11 heteroatoms. The van der Waals surface area contributed by atoms with E-state index in [1.54, 1.807) is 19.1 Å². The molecule has 0 amide bonds. The lowest BCUT2D eigenvalue weighted by Gasteiger charge is -2.18. The van der Waals surface area contributed by atoms with Gasteiger partial charge in [0.05, 0.1) is 18.2 Å². The highest BCUT2D eigenvalue weighted by Gasteiger charge is 2.26. The Balaban J connectivity index is 1.86. The molecule has 0 saturated carbocycles. The van der Waals surface area contributed by atoms with Crippen molar-refractivity contribution in [3.05, 3.63) is 69.8 Å². The molecule has 3 aromatic rings. The van der Waals surface area contributed by atoms with Crippen LogP contribution in [-0.2, 0) is 21.4 Å². The molecular formula is C19H18F3N3O3S2. The number of hydrogen-bond donors (Lipinski definition) is 2. The average Bonchev–Trinajstić information content (AvgIpc) is 3.14. The zero-order chi connectivity index (χ0) is 21.9. The third kappa shape index (κ3) is 4.91. The second-order valence-corrected chi connectivity index (χ2v) is 8.74. The smallest absolute Gasteiger partial charge is 0.268 e. The van der Waals surface area contributed by atoms with Crippen molar-refractivity contribution in [2.45, 2.75) is 24.5 Å². The van der Waals surface area contributed by atoms with Gasteiger partial charge in [0.25, 0.3) is 10.0 Å². The Hall–Kier alpha value is -2.63. The molecular weight excluding hydrogens is 439 g/mol. The van der Waals surface area contributed by atoms with Crippen LogP contribution >= 0.6 is 11.3 Å². The van der Waals surface area contributed by atoms with Gasteiger partial charge < -0.3 is 10.1 Å². The lowest BCUT2D eigenvalue weighted by Crippen LogP contribution is -2.17. The van der Waals surface area contributed by atoms with Crippen molar-refractivity contribution in [3.8, 4) is 0 Å². The molecule has 0 saturated heterocycles. The molecule has 160 valence electrons. The minimum Gasteiger partial charge on any atom is -0.380 e. The zero-order valence-electron chi connectivity index (χ0n) is 15.9. The molecule has 2 aromatic carbocycles. The fourth-order valence-electron chi connectivity index (χ4n) is 2.86. The van der Waals surface area contributed by atoms with Crippen LogP contribution < -0.4 is 10.0 Å². The van der Waals surface area contributed by atoms with E-state index >= 15 is 0 Å². The molecule has 0 aliphatic carbocycles. The average molecular weight is 457 g/mol. The summed E-state index contributed by atoms with van der Waals surface area (Å²) in [5.41, 5.74) is 2.34. The summed E-state index contributed by atoms with van der Waals surface area (Å²) in [5.74, 6) is -3.12. The van der Waals surface area contributed by atoms with Gasteiger partial charge in [0.1, 0.15) is 17.5 Å². The third-order valence-electron chi connectivity index (χ3n) is 4.16. The lowest BCUT2D eigenvalue weighted by molar-refractivity contribution is 0.184. The summed E-state index contributed by atoms with van der Waals surface area (Å²) in [4.78, 5) is 2.61. The Morgan fingerprint density at radius 1 is 1.13 bits per heavy atom. The molecule has 6 nitrogen and oxygen atoms in total. The van der Waals surface area contributed by atoms with Gasteiger partial charge in [0.15, 0.2) is 10.7 Å². The first-order chi connectivity index (χ1) is 14.2. The van der Waals surface area contributed by atoms with Gasteiger partial charge >= 0.3 is 0 Å². The van der Waals surface area contributed by atoms with Gasteiger partial charge in [0, 0.05) is 23.7 Å². The van der Waals surface area contributed by atoms with Crippen molar-refractivity contribution in [2.75, 3.05) is 17.1 Å². The van der Waals surface area contributed by atoms with Gasteiger partial charge in [-0.25, -0.2) is 26.6 Å². The lowest BCUT2D eigenvalue weighted by atomic mass is 10.0. The number of halogens is 3. The topological polar surface area (TPSA) is 80.3 Å². The van der Waals surface area contributed by atoms with E-state index in [-0.39, 0.29) is 23.7 Å². The Kier molecular flexibility index (Phi) is 6.64. The number of aromatic nitrogens is 1. The van der Waals surface area contributed by atoms with Crippen LogP contribution in [0.25, 0.3) is 0 Å². The van der Waals surface area contributed by atoms with Gasteiger partial charge in [0.2, 0.25) is 0 Å². The maximum Gasteiger partial charge on any atom is 0.268 e. The molecule has 0 aliphatic rings. The Morgan fingerprint density at radius 2 is 1.83 bits per heavy atom. The van der Waals surface area contributed by atoms with Crippen LogP contribution in [0.5, 0.6) is 0 Å². The highest BCUT2D eigenvalue weighted by atomic mass is 32.2. The largest absolute Gasteiger partial charge is 0.380 e. The highest BCUT2D eigenvalue weighted by molar-refractivity contribution is 7.92. The maximum atomic E-state index is 14.5. The Labute approximate surface area is 175 Å². The van der Waals surface area contributed by atoms with E-state index in [4.69, 9.17) is 4.74 Å². The van der Waals surface area contributed by atoms with E-state index in [2.05, 4.69) is 10.3 Å². The second-order valence-electron chi connectivity index (χ2n) is 6.40. The first kappa shape index (κ1) is 22.1. The molecule has 0 aliphatic heterocycles. The maximum absolute atomic E-state index is 14.5. The quantitative estimate of drug-likeness (QED) is 0.513. The van der Waals surface area contributed by atoms with Crippen molar-refractivity contribution in [2.24, 2.45) is 0 Å². The van der Waals surface area contributed by atoms with Gasteiger partial charge in [-0.3, -0.25) is 4.72 Å². The van der Waals surface area contributed by atoms with E-state index in [0.717, 1.165) is 29.0 Å². The molecule has 0 radical (unpaired) electrons. The minimum atomic E-state index is -4.52. The standard InChI is InChI=1S/C19H18F3N3O3S2/c1-11(14-5-12(8-28-2)3-4-15(14)20)24-13-6-16(21)19(17(22)7-13)30(26,27)25-18-9-29-10-23-18/h3-7,9-11,24-25H,8H2,1-2H3/t11-/m0/s1. The van der Waals surface area contributed by atoms with Crippen LogP contribution in [0.4, 0.5) is 24.7 Å². The number of sulfonamides is 1. The van der Waals surface area contributed by atoms with Crippen LogP contribution in [0.15, 0.2) is 46.1 Å². The van der Waals surface area contributed by atoms with Crippen LogP contribution in [-0.4, -0.2) is 20.5 Å². The van der Waals surface area contributed by atoms with Gasteiger partial charge in [-0.15, -0.1) is 11.3 Å². The first-order valence-corrected chi connectivity index (χ1v) is 11.1. The minimum absolute atomic E-state index is 0.0401. The van der Waals surface area contributed by atoms with Crippen LogP contribution in [0.2, 0.25) is 0 Å². The van der Waals surface area contributed by atoms with Crippen molar-refractivity contribution in [3.63, 3.8) is 0 Å². The fourth-order valence-corrected chi connectivity index (χ4v) is 4.54. The van der Waals surface area contributed by atoms with Crippen molar-refractivity contribution >= 4 is 32.9 Å². The van der Waals surface area contributed by atoms with Gasteiger partial charge in [-0.1, -0.05) is 6.07 Å². The summed E-state index contributed by atoms with van der Waals surface area (Å²) in [6.07, 6.45) is 0. The molecule has 30 heavy (non-hydrogen) atoms. The molecule has 2 N–H and O–H groups in total. The van der Waals surface area contributed by atoms with Crippen LogP contribution in [0.1, 0.15) is 24.1 Å². The number of anilines is 2. The molecule has 0 unspecified atom stereocenters. The van der Waals surface area contributed by atoms with E-state index in [0.29, 0.717) is 0 Å². The molecule has 1 atom stereocenters. The summed E-state index contributed by atoms with van der Waals surface area (Å²) in [6, 6.07) is 5.46. The summed E-state index contributed by atoms with van der Waals surface area (Å²) in [6.45, 7) is 1.89. The number of hydrogen-bond acceptors (Lipinski definition) is 6. The predicted molar refractivity (Wildman–Crippen MR) is 108 cm³/mol. The summed E-state index contributed by atoms with van der Waals surface area (Å²) < 4.78 is 75.0. The highest BCUT2D eigenvalue weighted by Crippen LogP contribution is 2.28. The number of ether oxygens (including phenoxy) is 1. The number of rotatable bonds is 8. The van der Waals surface area contributed by atoms with E-state index in [1.807, 2.05) is 4.72 Å². The van der Waals surface area contributed by atoms with Crippen molar-refractivity contribution in [1.29, 1.82) is 0 Å². The van der Waals surface area contributed by atoms with E-state index in [9.17, 15) is 21.6 Å². The molecule has 0 bridgehead atoms. The Morgan fingerprint density at radius 3 is 2.43 bits per heavy atom. The van der Waals surface area contributed by atoms with Crippen molar-refractivity contribution in [1.82, 2.24) is 4.98 Å². The van der Waals surface area contributed by atoms with E-state index < -0.39 is 38.4 Å². The molecule has 0 fully saturated rings. The number of methoxy groups -OCH3 is 1. The molecule has 1 aromatic heterocycles. The molecule has 1 heterocycles. The van der Waals surface area contributed by atoms with E-state index in [1.165, 1.54) is 24.1 Å². The summed E-state index contributed by atoms with van der Waals surface area (Å²) in [5, 5.41) is 4.17. The monoisotopic (exact) mass is 457 g/mol. The van der Waals surface area contributed by atoms with Gasteiger partial charge in [-0.2, -0.15) is 0 Å². The number of benzene rings is 2. The third-order valence-corrected chi connectivity index (χ3v) is 6.15. The number of thiazole rings is 1. The Bertz CT molecular complexity index is 1120. The normalized spacial score (nSPS) is 12.6. The van der Waals surface area contributed by atoms with Crippen molar-refractivity contribution < 1.29 is 26.3 Å².